The Kier molecular flexibility index (Phi) is 3.18. The molecule has 0 aliphatic heterocycles. The van der Waals surface area contributed by atoms with Gasteiger partial charge >= 0.3 is 0 Å². The van der Waals surface area contributed by atoms with Gasteiger partial charge in [-0.1, -0.05) is 19.9 Å². The first-order valence-electron chi connectivity index (χ1n) is 4.67. The molecular weight excluding hydrogens is 162 g/mol. The fraction of sp³-hybridized carbons (Fsp3) is 0.455. The first kappa shape index (κ1) is 9.90. The third kappa shape index (κ3) is 2.38. The van der Waals surface area contributed by atoms with Crippen LogP contribution in [0.25, 0.3) is 0 Å². The molecule has 0 atom stereocenters. The fourth-order valence-corrected chi connectivity index (χ4v) is 1.21. The molecule has 0 radical (unpaired) electrons. The van der Waals surface area contributed by atoms with Crippen LogP contribution in [0.5, 0.6) is 5.75 Å². The van der Waals surface area contributed by atoms with E-state index in [0.717, 1.165) is 11.4 Å². The normalized spacial score (nSPS) is 10.5. The third-order valence-electron chi connectivity index (χ3n) is 2.00. The van der Waals surface area contributed by atoms with Crippen LogP contribution in [0.4, 0.5) is 5.69 Å². The van der Waals surface area contributed by atoms with Crippen LogP contribution >= 0.6 is 0 Å². The number of rotatable bonds is 3. The van der Waals surface area contributed by atoms with Crippen molar-refractivity contribution in [3.63, 3.8) is 0 Å². The summed E-state index contributed by atoms with van der Waals surface area (Å²) in [6.07, 6.45) is 0. The monoisotopic (exact) mass is 179 g/mol. The number of benzene rings is 1. The summed E-state index contributed by atoms with van der Waals surface area (Å²) >= 11 is 0. The first-order chi connectivity index (χ1) is 6.15. The summed E-state index contributed by atoms with van der Waals surface area (Å²) in [5.74, 6) is 1.30. The van der Waals surface area contributed by atoms with E-state index in [-0.39, 0.29) is 0 Å². The van der Waals surface area contributed by atoms with Gasteiger partial charge in [-0.2, -0.15) is 0 Å². The molecule has 1 aromatic rings. The van der Waals surface area contributed by atoms with Crippen LogP contribution in [0.3, 0.4) is 0 Å². The van der Waals surface area contributed by atoms with Crippen molar-refractivity contribution >= 4 is 5.69 Å². The van der Waals surface area contributed by atoms with E-state index in [4.69, 9.17) is 10.5 Å². The molecule has 1 rings (SSSR count). The van der Waals surface area contributed by atoms with Gasteiger partial charge in [-0.05, 0) is 30.5 Å². The summed E-state index contributed by atoms with van der Waals surface area (Å²) in [5.41, 5.74) is 7.80. The van der Waals surface area contributed by atoms with Crippen molar-refractivity contribution in [3.05, 3.63) is 23.8 Å². The molecule has 0 aliphatic carbocycles. The van der Waals surface area contributed by atoms with Gasteiger partial charge in [0.2, 0.25) is 0 Å². The Balaban J connectivity index is 2.92. The lowest BCUT2D eigenvalue weighted by molar-refractivity contribution is 0.342. The summed E-state index contributed by atoms with van der Waals surface area (Å²) in [4.78, 5) is 0. The van der Waals surface area contributed by atoms with Crippen LogP contribution in [0.2, 0.25) is 0 Å². The summed E-state index contributed by atoms with van der Waals surface area (Å²) < 4.78 is 5.35. The second-order valence-corrected chi connectivity index (χ2v) is 3.38. The molecule has 0 bridgehead atoms. The highest BCUT2D eigenvalue weighted by atomic mass is 16.5. The number of hydrogen-bond donors (Lipinski definition) is 1. The number of anilines is 1. The molecule has 0 aromatic heterocycles. The minimum absolute atomic E-state index is 0.512. The van der Waals surface area contributed by atoms with Crippen LogP contribution in [0.1, 0.15) is 32.3 Å². The van der Waals surface area contributed by atoms with Crippen LogP contribution < -0.4 is 10.5 Å². The molecule has 0 amide bonds. The van der Waals surface area contributed by atoms with E-state index in [1.807, 2.05) is 19.1 Å². The zero-order chi connectivity index (χ0) is 9.84. The molecular formula is C11H17NO. The smallest absolute Gasteiger partial charge is 0.142 e. The Morgan fingerprint density at radius 1 is 1.38 bits per heavy atom. The minimum Gasteiger partial charge on any atom is -0.492 e. The molecule has 2 N–H and O–H groups in total. The summed E-state index contributed by atoms with van der Waals surface area (Å²) in [7, 11) is 0. The maximum atomic E-state index is 5.82. The van der Waals surface area contributed by atoms with Crippen molar-refractivity contribution in [1.82, 2.24) is 0 Å². The highest BCUT2D eigenvalue weighted by Gasteiger charge is 2.03. The van der Waals surface area contributed by atoms with Crippen LogP contribution in [-0.4, -0.2) is 6.61 Å². The standard InChI is InChI=1S/C11H17NO/c1-4-13-11-6-5-9(8(2)3)7-10(11)12/h5-8H,4,12H2,1-3H3. The van der Waals surface area contributed by atoms with Crippen molar-refractivity contribution in [2.24, 2.45) is 0 Å². The zero-order valence-corrected chi connectivity index (χ0v) is 8.50. The van der Waals surface area contributed by atoms with E-state index in [1.54, 1.807) is 0 Å². The largest absolute Gasteiger partial charge is 0.492 e. The second-order valence-electron chi connectivity index (χ2n) is 3.38. The topological polar surface area (TPSA) is 35.2 Å². The molecule has 0 unspecified atom stereocenters. The molecule has 1 aromatic carbocycles. The number of nitrogens with two attached hydrogens (primary N) is 1. The molecule has 72 valence electrons. The Morgan fingerprint density at radius 3 is 2.54 bits per heavy atom. The van der Waals surface area contributed by atoms with Gasteiger partial charge in [-0.25, -0.2) is 0 Å². The van der Waals surface area contributed by atoms with Crippen molar-refractivity contribution in [3.8, 4) is 5.75 Å². The fourth-order valence-electron chi connectivity index (χ4n) is 1.21. The average Bonchev–Trinajstić information content (AvgIpc) is 2.08. The Labute approximate surface area is 79.7 Å². The molecule has 2 heteroatoms. The van der Waals surface area contributed by atoms with Gasteiger partial charge in [0.15, 0.2) is 0 Å². The first-order valence-corrected chi connectivity index (χ1v) is 4.67. The van der Waals surface area contributed by atoms with Crippen LogP contribution in [0.15, 0.2) is 18.2 Å². The molecule has 0 saturated heterocycles. The van der Waals surface area contributed by atoms with Crippen molar-refractivity contribution in [1.29, 1.82) is 0 Å². The van der Waals surface area contributed by atoms with Crippen LogP contribution in [0, 0.1) is 0 Å². The minimum atomic E-state index is 0.512. The van der Waals surface area contributed by atoms with E-state index in [1.165, 1.54) is 5.56 Å². The highest BCUT2D eigenvalue weighted by Crippen LogP contribution is 2.25. The van der Waals surface area contributed by atoms with E-state index < -0.39 is 0 Å². The molecule has 13 heavy (non-hydrogen) atoms. The SMILES string of the molecule is CCOc1ccc(C(C)C)cc1N. The van der Waals surface area contributed by atoms with E-state index in [2.05, 4.69) is 19.9 Å². The van der Waals surface area contributed by atoms with Gasteiger partial charge in [0, 0.05) is 0 Å². The third-order valence-corrected chi connectivity index (χ3v) is 2.00. The number of hydrogen-bond acceptors (Lipinski definition) is 2. The predicted molar refractivity (Wildman–Crippen MR) is 56.1 cm³/mol. The number of ether oxygens (including phenoxy) is 1. The zero-order valence-electron chi connectivity index (χ0n) is 8.50. The van der Waals surface area contributed by atoms with Gasteiger partial charge in [-0.15, -0.1) is 0 Å². The molecule has 0 heterocycles. The lowest BCUT2D eigenvalue weighted by atomic mass is 10.0. The molecule has 0 saturated carbocycles. The second kappa shape index (κ2) is 4.17. The molecule has 0 spiro atoms. The van der Waals surface area contributed by atoms with Gasteiger partial charge in [0.05, 0.1) is 12.3 Å². The van der Waals surface area contributed by atoms with Gasteiger partial charge in [0.25, 0.3) is 0 Å². The molecule has 2 nitrogen and oxygen atoms in total. The average molecular weight is 179 g/mol. The summed E-state index contributed by atoms with van der Waals surface area (Å²) in [6.45, 7) is 6.91. The summed E-state index contributed by atoms with van der Waals surface area (Å²) in [5, 5.41) is 0. The number of nitrogen functional groups attached to an aromatic ring is 1. The Hall–Kier alpha value is -1.18. The van der Waals surface area contributed by atoms with Gasteiger partial charge in [0.1, 0.15) is 5.75 Å². The van der Waals surface area contributed by atoms with Crippen molar-refractivity contribution < 1.29 is 4.74 Å². The van der Waals surface area contributed by atoms with E-state index in [0.29, 0.717) is 12.5 Å². The van der Waals surface area contributed by atoms with Crippen LogP contribution in [-0.2, 0) is 0 Å². The highest BCUT2D eigenvalue weighted by molar-refractivity contribution is 5.54. The lowest BCUT2D eigenvalue weighted by Gasteiger charge is -2.10. The quantitative estimate of drug-likeness (QED) is 0.724. The Morgan fingerprint density at radius 2 is 2.08 bits per heavy atom. The van der Waals surface area contributed by atoms with Gasteiger partial charge in [-0.3, -0.25) is 0 Å². The maximum Gasteiger partial charge on any atom is 0.142 e. The van der Waals surface area contributed by atoms with Gasteiger partial charge < -0.3 is 10.5 Å². The Bertz CT molecular complexity index is 281. The van der Waals surface area contributed by atoms with Crippen molar-refractivity contribution in [2.75, 3.05) is 12.3 Å². The van der Waals surface area contributed by atoms with Crippen molar-refractivity contribution in [2.45, 2.75) is 26.7 Å². The molecule has 0 aliphatic rings. The molecule has 0 fully saturated rings. The summed E-state index contributed by atoms with van der Waals surface area (Å²) in [6, 6.07) is 5.98. The lowest BCUT2D eigenvalue weighted by Crippen LogP contribution is -1.98. The van der Waals surface area contributed by atoms with E-state index in [9.17, 15) is 0 Å². The maximum absolute atomic E-state index is 5.82. The predicted octanol–water partition coefficient (Wildman–Crippen LogP) is 2.79. The van der Waals surface area contributed by atoms with E-state index >= 15 is 0 Å².